The summed E-state index contributed by atoms with van der Waals surface area (Å²) >= 11 is 0. The molecule has 12 nitrogen and oxygen atoms in total. The minimum absolute atomic E-state index is 0.542. The highest BCUT2D eigenvalue weighted by atomic mass is 16.4. The van der Waals surface area contributed by atoms with Crippen molar-refractivity contribution in [3.63, 3.8) is 0 Å². The predicted molar refractivity (Wildman–Crippen MR) is 90.6 cm³/mol. The molecule has 0 radical (unpaired) electrons. The molecule has 0 saturated carbocycles. The van der Waals surface area contributed by atoms with Crippen molar-refractivity contribution in [1.29, 1.82) is 0 Å². The fourth-order valence-electron chi connectivity index (χ4n) is 2.86. The first-order chi connectivity index (χ1) is 13.0. The van der Waals surface area contributed by atoms with Crippen LogP contribution in [0.1, 0.15) is 26.7 Å². The molecule has 0 aromatic heterocycles. The summed E-state index contributed by atoms with van der Waals surface area (Å²) in [4.78, 5) is 70.8. The largest absolute Gasteiger partial charge is 0.478 e. The third-order valence-corrected chi connectivity index (χ3v) is 4.47. The summed E-state index contributed by atoms with van der Waals surface area (Å²) in [5, 5.41) is 28.3. The van der Waals surface area contributed by atoms with E-state index < -0.39 is 83.7 Å². The Kier molecular flexibility index (Phi) is 6.01. The number of rotatable bonds is 6. The Bertz CT molecular complexity index is 726. The molecule has 2 rings (SSSR count). The third kappa shape index (κ3) is 4.45. The number of hydrogen-bond donors (Lipinski definition) is 6. The Labute approximate surface area is 158 Å². The summed E-state index contributed by atoms with van der Waals surface area (Å²) in [6.07, 6.45) is -1.19. The van der Waals surface area contributed by atoms with Gasteiger partial charge >= 0.3 is 11.9 Å². The molecule has 0 aliphatic carbocycles. The van der Waals surface area contributed by atoms with Gasteiger partial charge in [0, 0.05) is 12.8 Å². The van der Waals surface area contributed by atoms with Crippen LogP contribution < -0.4 is 21.3 Å². The fourth-order valence-corrected chi connectivity index (χ4v) is 2.86. The van der Waals surface area contributed by atoms with Crippen LogP contribution >= 0.6 is 0 Å². The van der Waals surface area contributed by atoms with E-state index in [1.165, 1.54) is 13.8 Å². The lowest BCUT2D eigenvalue weighted by molar-refractivity contribution is -0.138. The van der Waals surface area contributed by atoms with Crippen LogP contribution in [-0.4, -0.2) is 69.9 Å². The van der Waals surface area contributed by atoms with Crippen molar-refractivity contribution in [1.82, 2.24) is 21.3 Å². The second-order valence-electron chi connectivity index (χ2n) is 6.56. The molecule has 2 aliphatic heterocycles. The van der Waals surface area contributed by atoms with E-state index >= 15 is 0 Å². The highest BCUT2D eigenvalue weighted by Crippen LogP contribution is 2.20. The molecule has 2 heterocycles. The lowest BCUT2D eigenvalue weighted by Gasteiger charge is -2.29. The number of carboxylic acids is 2. The Morgan fingerprint density at radius 3 is 1.29 bits per heavy atom. The highest BCUT2D eigenvalue weighted by molar-refractivity contribution is 6.03. The van der Waals surface area contributed by atoms with Gasteiger partial charge in [-0.05, 0) is 13.8 Å². The van der Waals surface area contributed by atoms with Crippen LogP contribution in [-0.2, 0) is 28.8 Å². The van der Waals surface area contributed by atoms with Crippen molar-refractivity contribution in [2.24, 2.45) is 0 Å². The number of piperazine rings is 2. The van der Waals surface area contributed by atoms with Crippen LogP contribution in [0.5, 0.6) is 0 Å². The molecule has 2 saturated heterocycles. The molecular weight excluding hydrogens is 376 g/mol. The van der Waals surface area contributed by atoms with Crippen LogP contribution in [0.15, 0.2) is 11.1 Å². The summed E-state index contributed by atoms with van der Waals surface area (Å²) in [6.45, 7) is 2.87. The van der Waals surface area contributed by atoms with Crippen molar-refractivity contribution in [2.75, 3.05) is 0 Å². The van der Waals surface area contributed by atoms with Crippen molar-refractivity contribution < 1.29 is 39.0 Å². The van der Waals surface area contributed by atoms with E-state index in [9.17, 15) is 39.0 Å². The van der Waals surface area contributed by atoms with E-state index in [0.29, 0.717) is 0 Å². The van der Waals surface area contributed by atoms with E-state index in [4.69, 9.17) is 0 Å². The average Bonchev–Trinajstić information content (AvgIpc) is 2.59. The monoisotopic (exact) mass is 396 g/mol. The minimum Gasteiger partial charge on any atom is -0.478 e. The molecule has 2 aliphatic rings. The molecule has 2 fully saturated rings. The van der Waals surface area contributed by atoms with Gasteiger partial charge in [-0.1, -0.05) is 0 Å². The second kappa shape index (κ2) is 8.06. The first-order valence-electron chi connectivity index (χ1n) is 8.41. The Morgan fingerprint density at radius 1 is 0.679 bits per heavy atom. The maximum absolute atomic E-state index is 12.0. The number of amides is 4. The lowest BCUT2D eigenvalue weighted by atomic mass is 9.93. The van der Waals surface area contributed by atoms with Gasteiger partial charge in [0.1, 0.15) is 24.2 Å². The summed E-state index contributed by atoms with van der Waals surface area (Å²) in [5.41, 5.74) is -1.30. The van der Waals surface area contributed by atoms with Gasteiger partial charge in [-0.25, -0.2) is 9.59 Å². The first-order valence-corrected chi connectivity index (χ1v) is 8.41. The number of carboxylic acid groups (broad SMARTS) is 2. The summed E-state index contributed by atoms with van der Waals surface area (Å²) in [5.74, 6) is -5.64. The first kappa shape index (κ1) is 20.9. The molecule has 0 unspecified atom stereocenters. The quantitative estimate of drug-likeness (QED) is 0.260. The molecule has 0 spiro atoms. The molecule has 152 valence electrons. The van der Waals surface area contributed by atoms with Crippen LogP contribution in [0.3, 0.4) is 0 Å². The van der Waals surface area contributed by atoms with E-state index in [0.717, 1.165) is 0 Å². The zero-order valence-electron chi connectivity index (χ0n) is 15.1. The van der Waals surface area contributed by atoms with E-state index in [1.807, 2.05) is 0 Å². The van der Waals surface area contributed by atoms with Crippen molar-refractivity contribution in [3.05, 3.63) is 11.1 Å². The summed E-state index contributed by atoms with van der Waals surface area (Å²) in [7, 11) is 0. The normalized spacial score (nSPS) is 28.4. The third-order valence-electron chi connectivity index (χ3n) is 4.47. The molecule has 0 bridgehead atoms. The Hall–Kier alpha value is -3.44. The Balaban J connectivity index is 2.31. The van der Waals surface area contributed by atoms with Crippen molar-refractivity contribution in [3.8, 4) is 0 Å². The fraction of sp³-hybridized carbons (Fsp3) is 0.500. The zero-order chi connectivity index (χ0) is 21.2. The van der Waals surface area contributed by atoms with Gasteiger partial charge in [-0.3, -0.25) is 19.2 Å². The highest BCUT2D eigenvalue weighted by Gasteiger charge is 2.37. The Morgan fingerprint density at radius 2 is 1.00 bits per heavy atom. The molecule has 4 atom stereocenters. The van der Waals surface area contributed by atoms with E-state index in [2.05, 4.69) is 21.3 Å². The molecule has 12 heteroatoms. The molecule has 0 aromatic rings. The molecule has 4 amide bonds. The smallest absolute Gasteiger partial charge is 0.332 e. The second-order valence-corrected chi connectivity index (χ2v) is 6.56. The summed E-state index contributed by atoms with van der Waals surface area (Å²) in [6, 6.07) is -4.16. The van der Waals surface area contributed by atoms with E-state index in [-0.39, 0.29) is 0 Å². The van der Waals surface area contributed by atoms with Gasteiger partial charge in [-0.2, -0.15) is 0 Å². The zero-order valence-corrected chi connectivity index (χ0v) is 15.1. The van der Waals surface area contributed by atoms with E-state index in [1.54, 1.807) is 0 Å². The van der Waals surface area contributed by atoms with Gasteiger partial charge < -0.3 is 31.5 Å². The van der Waals surface area contributed by atoms with Gasteiger partial charge in [0.2, 0.25) is 23.6 Å². The standard InChI is InChI=1S/C16H20N4O8/c1-5-11(21)19-9(13(23)17-5)3-7(15(25)26)8(16(27)28)4-10-14(24)18-6(2)12(22)20-10/h5-6,9-10H,3-4H2,1-2H3,(H,17,23)(H,18,24)(H,19,21)(H,20,22)(H,25,26)(H,27,28)/t5-,6-,9-,10-/m0/s1. The number of carbonyl (C=O) groups is 6. The molecule has 0 aromatic carbocycles. The van der Waals surface area contributed by atoms with Crippen molar-refractivity contribution >= 4 is 35.6 Å². The maximum Gasteiger partial charge on any atom is 0.332 e. The van der Waals surface area contributed by atoms with Gasteiger partial charge in [-0.15, -0.1) is 0 Å². The number of aliphatic carboxylic acids is 2. The number of hydrogen-bond acceptors (Lipinski definition) is 6. The maximum atomic E-state index is 12.0. The molecule has 28 heavy (non-hydrogen) atoms. The average molecular weight is 396 g/mol. The lowest BCUT2D eigenvalue weighted by Crippen LogP contribution is -2.61. The van der Waals surface area contributed by atoms with Gasteiger partial charge in [0.15, 0.2) is 0 Å². The number of nitrogens with one attached hydrogen (secondary N) is 4. The summed E-state index contributed by atoms with van der Waals surface area (Å²) < 4.78 is 0. The molecule has 6 N–H and O–H groups in total. The van der Waals surface area contributed by atoms with Gasteiger partial charge in [0.25, 0.3) is 0 Å². The van der Waals surface area contributed by atoms with Gasteiger partial charge in [0.05, 0.1) is 11.1 Å². The molecular formula is C16H20N4O8. The predicted octanol–water partition coefficient (Wildman–Crippen LogP) is -2.76. The minimum atomic E-state index is -1.62. The topological polar surface area (TPSA) is 191 Å². The van der Waals surface area contributed by atoms with Crippen molar-refractivity contribution in [2.45, 2.75) is 50.9 Å². The number of carbonyl (C=O) groups excluding carboxylic acids is 4. The van der Waals surface area contributed by atoms with Crippen LogP contribution in [0.2, 0.25) is 0 Å². The SMILES string of the molecule is C[C@@H]1NC(=O)[C@H](CC(C(=O)O)=C(C[C@@H]2NC(=O)[C@H](C)NC2=O)C(=O)O)NC1=O. The van der Waals surface area contributed by atoms with Crippen LogP contribution in [0, 0.1) is 0 Å². The van der Waals surface area contributed by atoms with Crippen LogP contribution in [0.4, 0.5) is 0 Å². The van der Waals surface area contributed by atoms with Crippen LogP contribution in [0.25, 0.3) is 0 Å².